The van der Waals surface area contributed by atoms with Gasteiger partial charge in [0.15, 0.2) is 0 Å². The van der Waals surface area contributed by atoms with E-state index >= 15 is 0 Å². The highest BCUT2D eigenvalue weighted by molar-refractivity contribution is 6.09. The molecule has 11 nitrogen and oxygen atoms in total. The van der Waals surface area contributed by atoms with Crippen LogP contribution < -0.4 is 24.4 Å². The number of piperazine rings is 1. The molecular formula is C40H47N5O6. The number of carbonyl (C=O) groups excluding carboxylic acids is 3. The summed E-state index contributed by atoms with van der Waals surface area (Å²) < 4.78 is 17.7. The van der Waals surface area contributed by atoms with Gasteiger partial charge < -0.3 is 34.2 Å². The van der Waals surface area contributed by atoms with Crippen molar-refractivity contribution >= 4 is 29.1 Å². The Labute approximate surface area is 300 Å². The van der Waals surface area contributed by atoms with Gasteiger partial charge in [0.1, 0.15) is 23.9 Å². The Morgan fingerprint density at radius 2 is 1.63 bits per heavy atom. The number of nitrogens with one attached hydrogen (secondary N) is 1. The molecule has 3 amide bonds. The van der Waals surface area contributed by atoms with Crippen molar-refractivity contribution in [3.05, 3.63) is 108 Å². The second-order valence-corrected chi connectivity index (χ2v) is 12.8. The van der Waals surface area contributed by atoms with Gasteiger partial charge in [0, 0.05) is 63.2 Å². The molecule has 1 aromatic heterocycles. The van der Waals surface area contributed by atoms with Gasteiger partial charge in [0.2, 0.25) is 5.91 Å². The summed E-state index contributed by atoms with van der Waals surface area (Å²) >= 11 is 0. The largest absolute Gasteiger partial charge is 0.495 e. The fourth-order valence-electron chi connectivity index (χ4n) is 5.80. The normalized spacial score (nSPS) is 13.6. The van der Waals surface area contributed by atoms with Crippen LogP contribution in [0.15, 0.2) is 91.3 Å². The Kier molecular flexibility index (Phi) is 13.0. The molecule has 0 radical (unpaired) electrons. The first-order valence-corrected chi connectivity index (χ1v) is 17.3. The van der Waals surface area contributed by atoms with Gasteiger partial charge >= 0.3 is 0 Å². The molecule has 0 aliphatic carbocycles. The van der Waals surface area contributed by atoms with E-state index in [1.807, 2.05) is 41.3 Å². The van der Waals surface area contributed by atoms with Crippen LogP contribution in [0, 0.1) is 5.92 Å². The SMILES string of the molecule is COc1cc(C(=O)N(C)c2ccccc2OCCC(C)CCC(=O)N2CCN(C)CC2)ccc1NC(=O)c1ccccc1OCc1cccnc1. The number of ether oxygens (including phenoxy) is 3. The fraction of sp³-hybridized carbons (Fsp3) is 0.350. The van der Waals surface area contributed by atoms with Gasteiger partial charge in [-0.05, 0) is 74.3 Å². The Morgan fingerprint density at radius 3 is 2.37 bits per heavy atom. The highest BCUT2D eigenvalue weighted by Crippen LogP contribution is 2.32. The summed E-state index contributed by atoms with van der Waals surface area (Å²) in [7, 11) is 5.26. The molecule has 11 heteroatoms. The number of carbonyl (C=O) groups is 3. The predicted octanol–water partition coefficient (Wildman–Crippen LogP) is 6.16. The van der Waals surface area contributed by atoms with Crippen molar-refractivity contribution in [1.29, 1.82) is 0 Å². The van der Waals surface area contributed by atoms with Gasteiger partial charge in [-0.25, -0.2) is 0 Å². The van der Waals surface area contributed by atoms with Gasteiger partial charge in [0.25, 0.3) is 11.8 Å². The first-order chi connectivity index (χ1) is 24.7. The molecule has 0 spiro atoms. The number of para-hydroxylation sites is 3. The van der Waals surface area contributed by atoms with Gasteiger partial charge in [-0.3, -0.25) is 19.4 Å². The Morgan fingerprint density at radius 1 is 0.882 bits per heavy atom. The number of benzene rings is 3. The summed E-state index contributed by atoms with van der Waals surface area (Å²) in [4.78, 5) is 49.6. The number of nitrogens with zero attached hydrogens (tertiary/aromatic N) is 4. The third-order valence-corrected chi connectivity index (χ3v) is 9.05. The summed E-state index contributed by atoms with van der Waals surface area (Å²) in [6.45, 7) is 6.29. The monoisotopic (exact) mass is 693 g/mol. The summed E-state index contributed by atoms with van der Waals surface area (Å²) in [5.74, 6) is 1.24. The standard InChI is InChI=1S/C40H47N5O6/c1-29(15-18-38(46)45-23-21-43(2)22-24-45)19-25-50-36-14-8-6-12-34(36)44(3)40(48)31-16-17-33(37(26-31)49-4)42-39(47)32-11-5-7-13-35(32)51-28-30-10-9-20-41-27-30/h5-14,16-17,20,26-27,29H,15,18-19,21-25,28H2,1-4H3,(H,42,47). The number of likely N-dealkylation sites (N-methyl/N-ethyl adjacent to an activating group) is 1. The van der Waals surface area contributed by atoms with Crippen molar-refractivity contribution in [3.8, 4) is 17.2 Å². The molecule has 5 rings (SSSR count). The van der Waals surface area contributed by atoms with Crippen LogP contribution in [0.4, 0.5) is 11.4 Å². The van der Waals surface area contributed by atoms with Crippen LogP contribution in [0.5, 0.6) is 17.2 Å². The highest BCUT2D eigenvalue weighted by atomic mass is 16.5. The maximum Gasteiger partial charge on any atom is 0.259 e. The Bertz CT molecular complexity index is 1780. The van der Waals surface area contributed by atoms with Gasteiger partial charge in [-0.1, -0.05) is 37.3 Å². The van der Waals surface area contributed by atoms with E-state index in [0.29, 0.717) is 58.7 Å². The van der Waals surface area contributed by atoms with Crippen LogP contribution in [0.1, 0.15) is 52.5 Å². The Balaban J connectivity index is 1.17. The van der Waals surface area contributed by atoms with Crippen LogP contribution in [0.3, 0.4) is 0 Å². The molecule has 1 saturated heterocycles. The van der Waals surface area contributed by atoms with Crippen LogP contribution in [0.25, 0.3) is 0 Å². The lowest BCUT2D eigenvalue weighted by Gasteiger charge is -2.32. The topological polar surface area (TPSA) is 114 Å². The predicted molar refractivity (Wildman–Crippen MR) is 198 cm³/mol. The molecule has 51 heavy (non-hydrogen) atoms. The van der Waals surface area contributed by atoms with E-state index < -0.39 is 0 Å². The quantitative estimate of drug-likeness (QED) is 0.158. The lowest BCUT2D eigenvalue weighted by molar-refractivity contribution is -0.133. The van der Waals surface area contributed by atoms with Gasteiger partial charge in [-0.15, -0.1) is 0 Å². The molecule has 1 unspecified atom stereocenters. The number of amides is 3. The smallest absolute Gasteiger partial charge is 0.259 e. The second kappa shape index (κ2) is 18.0. The number of methoxy groups -OCH3 is 1. The summed E-state index contributed by atoms with van der Waals surface area (Å²) in [6.07, 6.45) is 5.53. The maximum absolute atomic E-state index is 13.7. The van der Waals surface area contributed by atoms with E-state index in [4.69, 9.17) is 14.2 Å². The molecule has 1 aliphatic rings. The molecule has 1 fully saturated rings. The third kappa shape index (κ3) is 10.1. The van der Waals surface area contributed by atoms with Crippen molar-refractivity contribution < 1.29 is 28.6 Å². The van der Waals surface area contributed by atoms with Crippen molar-refractivity contribution in [2.45, 2.75) is 32.8 Å². The first-order valence-electron chi connectivity index (χ1n) is 17.3. The number of rotatable bonds is 15. The van der Waals surface area contributed by atoms with E-state index in [9.17, 15) is 14.4 Å². The molecular weight excluding hydrogens is 646 g/mol. The minimum absolute atomic E-state index is 0.223. The Hall–Kier alpha value is -5.42. The molecule has 1 N–H and O–H groups in total. The first kappa shape index (κ1) is 36.9. The molecule has 1 atom stereocenters. The minimum atomic E-state index is -0.381. The number of pyridine rings is 1. The molecule has 1 aliphatic heterocycles. The van der Waals surface area contributed by atoms with Crippen molar-refractivity contribution in [2.24, 2.45) is 5.92 Å². The highest BCUT2D eigenvalue weighted by Gasteiger charge is 2.22. The van der Waals surface area contributed by atoms with Crippen molar-refractivity contribution in [3.63, 3.8) is 0 Å². The third-order valence-electron chi connectivity index (χ3n) is 9.05. The van der Waals surface area contributed by atoms with Crippen LogP contribution in [-0.2, 0) is 11.4 Å². The molecule has 4 aromatic rings. The van der Waals surface area contributed by atoms with Crippen LogP contribution >= 0.6 is 0 Å². The van der Waals surface area contributed by atoms with Gasteiger partial charge in [-0.2, -0.15) is 0 Å². The van der Waals surface area contributed by atoms with Crippen LogP contribution in [-0.4, -0.2) is 86.5 Å². The van der Waals surface area contributed by atoms with E-state index in [1.54, 1.807) is 61.9 Å². The van der Waals surface area contributed by atoms with E-state index in [0.717, 1.165) is 44.6 Å². The average Bonchev–Trinajstić information content (AvgIpc) is 3.16. The zero-order valence-corrected chi connectivity index (χ0v) is 29.8. The number of anilines is 2. The minimum Gasteiger partial charge on any atom is -0.495 e. The maximum atomic E-state index is 13.7. The molecule has 3 aromatic carbocycles. The number of hydrogen-bond donors (Lipinski definition) is 1. The summed E-state index contributed by atoms with van der Waals surface area (Å²) in [5, 5.41) is 2.89. The molecule has 2 heterocycles. The zero-order chi connectivity index (χ0) is 36.2. The second-order valence-electron chi connectivity index (χ2n) is 12.8. The number of hydrogen-bond acceptors (Lipinski definition) is 8. The zero-order valence-electron chi connectivity index (χ0n) is 29.8. The van der Waals surface area contributed by atoms with Gasteiger partial charge in [0.05, 0.1) is 30.7 Å². The van der Waals surface area contributed by atoms with Crippen molar-refractivity contribution in [1.82, 2.24) is 14.8 Å². The lowest BCUT2D eigenvalue weighted by Crippen LogP contribution is -2.47. The fourth-order valence-corrected chi connectivity index (χ4v) is 5.80. The summed E-state index contributed by atoms with van der Waals surface area (Å²) in [6, 6.07) is 23.0. The van der Waals surface area contributed by atoms with Crippen LogP contribution in [0.2, 0.25) is 0 Å². The number of aromatic nitrogens is 1. The molecule has 0 bridgehead atoms. The lowest BCUT2D eigenvalue weighted by atomic mass is 10.0. The van der Waals surface area contributed by atoms with E-state index in [-0.39, 0.29) is 24.3 Å². The molecule has 268 valence electrons. The van der Waals surface area contributed by atoms with Crippen molar-refractivity contribution in [2.75, 3.05) is 64.2 Å². The average molecular weight is 694 g/mol. The van der Waals surface area contributed by atoms with E-state index in [1.165, 1.54) is 12.0 Å². The molecule has 0 saturated carbocycles. The van der Waals surface area contributed by atoms with E-state index in [2.05, 4.69) is 29.2 Å². The summed E-state index contributed by atoms with van der Waals surface area (Å²) in [5.41, 5.74) is 2.64.